The van der Waals surface area contributed by atoms with Crippen molar-refractivity contribution in [3.63, 3.8) is 0 Å². The third-order valence-corrected chi connectivity index (χ3v) is 5.64. The first-order valence-corrected chi connectivity index (χ1v) is 10.9. The maximum absolute atomic E-state index is 12.5. The SMILES string of the molecule is CCOc1ccc(S(=O)(=O)Nc2ccc(C(=O)OCc3cccc(C#N)c3)cc2)cc1. The van der Waals surface area contributed by atoms with Gasteiger partial charge in [-0.05, 0) is 73.2 Å². The van der Waals surface area contributed by atoms with E-state index in [4.69, 9.17) is 14.7 Å². The van der Waals surface area contributed by atoms with Crippen molar-refractivity contribution >= 4 is 21.7 Å². The lowest BCUT2D eigenvalue weighted by atomic mass is 10.1. The Hall–Kier alpha value is -3.83. The lowest BCUT2D eigenvalue weighted by molar-refractivity contribution is 0.0472. The van der Waals surface area contributed by atoms with Gasteiger partial charge in [-0.2, -0.15) is 5.26 Å². The molecule has 7 nitrogen and oxygen atoms in total. The van der Waals surface area contributed by atoms with Crippen LogP contribution in [0, 0.1) is 11.3 Å². The van der Waals surface area contributed by atoms with Gasteiger partial charge in [0.1, 0.15) is 12.4 Å². The molecule has 0 fully saturated rings. The summed E-state index contributed by atoms with van der Waals surface area (Å²) in [5, 5.41) is 8.92. The second kappa shape index (κ2) is 9.78. The standard InChI is InChI=1S/C23H20N2O5S/c1-2-29-21-10-12-22(13-11-21)31(27,28)25-20-8-6-19(7-9-20)23(26)30-16-18-5-3-4-17(14-18)15-24/h3-14,25H,2,16H2,1H3. The molecule has 158 valence electrons. The number of nitriles is 1. The smallest absolute Gasteiger partial charge is 0.338 e. The van der Waals surface area contributed by atoms with Crippen LogP contribution in [0.5, 0.6) is 5.75 Å². The maximum atomic E-state index is 12.5. The molecule has 0 amide bonds. The third-order valence-electron chi connectivity index (χ3n) is 4.24. The van der Waals surface area contributed by atoms with Crippen LogP contribution in [0.1, 0.15) is 28.4 Å². The molecular formula is C23H20N2O5S. The largest absolute Gasteiger partial charge is 0.494 e. The van der Waals surface area contributed by atoms with Crippen LogP contribution in [0.15, 0.2) is 77.7 Å². The third kappa shape index (κ3) is 5.84. The fourth-order valence-electron chi connectivity index (χ4n) is 2.73. The van der Waals surface area contributed by atoms with Gasteiger partial charge in [-0.25, -0.2) is 13.2 Å². The van der Waals surface area contributed by atoms with Gasteiger partial charge in [-0.15, -0.1) is 0 Å². The number of hydrogen-bond donors (Lipinski definition) is 1. The Kier molecular flexibility index (Phi) is 6.90. The van der Waals surface area contributed by atoms with Gasteiger partial charge in [0.2, 0.25) is 0 Å². The molecule has 8 heteroatoms. The van der Waals surface area contributed by atoms with Crippen molar-refractivity contribution in [3.8, 4) is 11.8 Å². The number of carbonyl (C=O) groups is 1. The van der Waals surface area contributed by atoms with E-state index >= 15 is 0 Å². The molecular weight excluding hydrogens is 416 g/mol. The number of rotatable bonds is 8. The van der Waals surface area contributed by atoms with Gasteiger partial charge in [0.15, 0.2) is 0 Å². The minimum atomic E-state index is -3.78. The normalized spacial score (nSPS) is 10.7. The Balaban J connectivity index is 1.62. The minimum Gasteiger partial charge on any atom is -0.494 e. The van der Waals surface area contributed by atoms with Gasteiger partial charge in [-0.1, -0.05) is 12.1 Å². The molecule has 0 aliphatic rings. The van der Waals surface area contributed by atoms with Crippen molar-refractivity contribution in [2.45, 2.75) is 18.4 Å². The summed E-state index contributed by atoms with van der Waals surface area (Å²) in [6, 6.07) is 20.8. The van der Waals surface area contributed by atoms with E-state index < -0.39 is 16.0 Å². The number of hydrogen-bond acceptors (Lipinski definition) is 6. The van der Waals surface area contributed by atoms with E-state index in [9.17, 15) is 13.2 Å². The number of benzene rings is 3. The van der Waals surface area contributed by atoms with Crippen LogP contribution in [-0.4, -0.2) is 21.0 Å². The summed E-state index contributed by atoms with van der Waals surface area (Å²) in [5.41, 5.74) is 1.78. The number of nitrogens with one attached hydrogen (secondary N) is 1. The predicted molar refractivity (Wildman–Crippen MR) is 115 cm³/mol. The summed E-state index contributed by atoms with van der Waals surface area (Å²) in [4.78, 5) is 12.3. The molecule has 0 saturated heterocycles. The van der Waals surface area contributed by atoms with Gasteiger partial charge in [-0.3, -0.25) is 4.72 Å². The summed E-state index contributed by atoms with van der Waals surface area (Å²) in [7, 11) is -3.78. The number of nitrogens with zero attached hydrogens (tertiary/aromatic N) is 1. The molecule has 0 saturated carbocycles. The van der Waals surface area contributed by atoms with Crippen LogP contribution in [0.3, 0.4) is 0 Å². The van der Waals surface area contributed by atoms with Crippen molar-refractivity contribution in [1.82, 2.24) is 0 Å². The zero-order valence-corrected chi connectivity index (χ0v) is 17.6. The summed E-state index contributed by atoms with van der Waals surface area (Å²) in [6.07, 6.45) is 0. The molecule has 3 rings (SSSR count). The van der Waals surface area contributed by atoms with Crippen molar-refractivity contribution in [2.24, 2.45) is 0 Å². The zero-order valence-electron chi connectivity index (χ0n) is 16.7. The Labute approximate surface area is 180 Å². The second-order valence-corrected chi connectivity index (χ2v) is 8.16. The fourth-order valence-corrected chi connectivity index (χ4v) is 3.79. The van der Waals surface area contributed by atoms with Crippen molar-refractivity contribution in [3.05, 3.63) is 89.5 Å². The summed E-state index contributed by atoms with van der Waals surface area (Å²) < 4.78 is 38.1. The summed E-state index contributed by atoms with van der Waals surface area (Å²) in [6.45, 7) is 2.36. The molecule has 31 heavy (non-hydrogen) atoms. The first-order valence-electron chi connectivity index (χ1n) is 9.43. The number of esters is 1. The Morgan fingerprint density at radius 3 is 2.39 bits per heavy atom. The quantitative estimate of drug-likeness (QED) is 0.533. The molecule has 0 atom stereocenters. The predicted octanol–water partition coefficient (Wildman–Crippen LogP) is 4.11. The molecule has 0 spiro atoms. The highest BCUT2D eigenvalue weighted by atomic mass is 32.2. The number of carbonyl (C=O) groups excluding carboxylic acids is 1. The lowest BCUT2D eigenvalue weighted by Crippen LogP contribution is -2.13. The first-order chi connectivity index (χ1) is 14.9. The van der Waals surface area contributed by atoms with Crippen molar-refractivity contribution in [1.29, 1.82) is 5.26 Å². The molecule has 1 N–H and O–H groups in total. The maximum Gasteiger partial charge on any atom is 0.338 e. The molecule has 0 aliphatic carbocycles. The second-order valence-electron chi connectivity index (χ2n) is 6.48. The summed E-state index contributed by atoms with van der Waals surface area (Å²) in [5.74, 6) is 0.0342. The molecule has 0 radical (unpaired) electrons. The lowest BCUT2D eigenvalue weighted by Gasteiger charge is -2.10. The molecule has 3 aromatic carbocycles. The monoisotopic (exact) mass is 436 g/mol. The van der Waals surface area contributed by atoms with Gasteiger partial charge < -0.3 is 9.47 Å². The van der Waals surface area contributed by atoms with Gasteiger partial charge in [0.05, 0.1) is 28.7 Å². The Morgan fingerprint density at radius 1 is 1.03 bits per heavy atom. The van der Waals surface area contributed by atoms with Crippen LogP contribution in [-0.2, 0) is 21.4 Å². The van der Waals surface area contributed by atoms with Crippen LogP contribution in [0.25, 0.3) is 0 Å². The van der Waals surface area contributed by atoms with Crippen molar-refractivity contribution < 1.29 is 22.7 Å². The highest BCUT2D eigenvalue weighted by Gasteiger charge is 2.15. The molecule has 0 aromatic heterocycles. The average molecular weight is 436 g/mol. The zero-order chi connectivity index (χ0) is 22.3. The number of ether oxygens (including phenoxy) is 2. The number of sulfonamides is 1. The van der Waals surface area contributed by atoms with E-state index in [0.717, 1.165) is 0 Å². The van der Waals surface area contributed by atoms with Crippen LogP contribution < -0.4 is 9.46 Å². The van der Waals surface area contributed by atoms with Crippen LogP contribution in [0.2, 0.25) is 0 Å². The van der Waals surface area contributed by atoms with Crippen LogP contribution >= 0.6 is 0 Å². The first kappa shape index (κ1) is 21.9. The topological polar surface area (TPSA) is 105 Å². The molecule has 0 unspecified atom stereocenters. The highest BCUT2D eigenvalue weighted by Crippen LogP contribution is 2.20. The van der Waals surface area contributed by atoms with E-state index in [1.807, 2.05) is 13.0 Å². The summed E-state index contributed by atoms with van der Waals surface area (Å²) >= 11 is 0. The fraction of sp³-hybridized carbons (Fsp3) is 0.130. The van der Waals surface area contributed by atoms with E-state index in [2.05, 4.69) is 4.72 Å². The molecule has 3 aromatic rings. The molecule has 0 heterocycles. The van der Waals surface area contributed by atoms with Crippen LogP contribution in [0.4, 0.5) is 5.69 Å². The van der Waals surface area contributed by atoms with E-state index in [1.54, 1.807) is 36.4 Å². The van der Waals surface area contributed by atoms with Crippen molar-refractivity contribution in [2.75, 3.05) is 11.3 Å². The minimum absolute atomic E-state index is 0.0282. The van der Waals surface area contributed by atoms with Gasteiger partial charge >= 0.3 is 5.97 Å². The molecule has 0 aliphatic heterocycles. The average Bonchev–Trinajstić information content (AvgIpc) is 2.78. The molecule has 0 bridgehead atoms. The highest BCUT2D eigenvalue weighted by molar-refractivity contribution is 7.92. The van der Waals surface area contributed by atoms with Gasteiger partial charge in [0, 0.05) is 5.69 Å². The Morgan fingerprint density at radius 2 is 1.74 bits per heavy atom. The number of anilines is 1. The van der Waals surface area contributed by atoms with E-state index in [-0.39, 0.29) is 17.1 Å². The van der Waals surface area contributed by atoms with E-state index in [1.165, 1.54) is 36.4 Å². The van der Waals surface area contributed by atoms with E-state index in [0.29, 0.717) is 29.2 Å². The van der Waals surface area contributed by atoms with Gasteiger partial charge in [0.25, 0.3) is 10.0 Å². The Bertz CT molecular complexity index is 1200.